The lowest BCUT2D eigenvalue weighted by Gasteiger charge is -2.44. The Morgan fingerprint density at radius 1 is 1.22 bits per heavy atom. The first-order valence-electron chi connectivity index (χ1n) is 9.77. The number of carboxylic acid groups (broad SMARTS) is 1. The molecule has 2 aliphatic rings. The van der Waals surface area contributed by atoms with Crippen LogP contribution in [0.4, 0.5) is 0 Å². The first-order valence-corrected chi connectivity index (χ1v) is 9.77. The molecule has 0 amide bonds. The summed E-state index contributed by atoms with van der Waals surface area (Å²) in [6.07, 6.45) is 6.70. The summed E-state index contributed by atoms with van der Waals surface area (Å²) in [5.74, 6) is 0.872. The molecule has 0 atom stereocenters. The average Bonchev–Trinajstić information content (AvgIpc) is 3.41. The third kappa shape index (κ3) is 3.38. The molecule has 0 radical (unpaired) electrons. The zero-order valence-corrected chi connectivity index (χ0v) is 15.8. The van der Waals surface area contributed by atoms with E-state index in [9.17, 15) is 9.90 Å². The predicted octanol–water partition coefficient (Wildman–Crippen LogP) is 3.08. The molecule has 0 aliphatic heterocycles. The minimum absolute atomic E-state index is 0.270. The highest BCUT2D eigenvalue weighted by molar-refractivity contribution is 5.81. The summed E-state index contributed by atoms with van der Waals surface area (Å²) in [4.78, 5) is 16.8. The Hall–Kier alpha value is -2.21. The maximum absolute atomic E-state index is 12.3. The molecule has 2 aliphatic carbocycles. The van der Waals surface area contributed by atoms with Crippen molar-refractivity contribution in [2.75, 3.05) is 13.2 Å². The Morgan fingerprint density at radius 3 is 2.48 bits per heavy atom. The fourth-order valence-corrected chi connectivity index (χ4v) is 4.45. The summed E-state index contributed by atoms with van der Waals surface area (Å²) in [7, 11) is 1.90. The minimum Gasteiger partial charge on any atom is -0.481 e. The Kier molecular flexibility index (Phi) is 4.76. The van der Waals surface area contributed by atoms with Gasteiger partial charge < -0.3 is 9.84 Å². The predicted molar refractivity (Wildman–Crippen MR) is 100 cm³/mol. The van der Waals surface area contributed by atoms with Crippen LogP contribution in [0.5, 0.6) is 0 Å². The molecule has 0 bridgehead atoms. The van der Waals surface area contributed by atoms with Gasteiger partial charge in [-0.2, -0.15) is 5.10 Å². The summed E-state index contributed by atoms with van der Waals surface area (Å²) in [6.45, 7) is 1.38. The number of nitrogens with zero attached hydrogens (tertiary/aromatic N) is 3. The highest BCUT2D eigenvalue weighted by Crippen LogP contribution is 2.48. The molecular formula is C21H27N3O3. The van der Waals surface area contributed by atoms with E-state index in [0.717, 1.165) is 30.8 Å². The standard InChI is InChI=1S/C21H27N3O3/c1-24-18(22-15-23-24)20(14-27-13-16-7-8-16)9-11-21(12-10-20,19(25)26)17-5-3-2-4-6-17/h2-6,15-16H,7-14H2,1H3,(H,25,26)/t20-,21+. The maximum atomic E-state index is 12.3. The molecule has 6 heteroatoms. The van der Waals surface area contributed by atoms with E-state index in [1.807, 2.05) is 42.1 Å². The van der Waals surface area contributed by atoms with Gasteiger partial charge in [-0.25, -0.2) is 4.98 Å². The zero-order chi connectivity index (χ0) is 18.9. The number of aryl methyl sites for hydroxylation is 1. The van der Waals surface area contributed by atoms with Crippen LogP contribution in [0.25, 0.3) is 0 Å². The topological polar surface area (TPSA) is 77.2 Å². The Balaban J connectivity index is 1.59. The van der Waals surface area contributed by atoms with E-state index in [0.29, 0.717) is 25.4 Å². The van der Waals surface area contributed by atoms with Crippen molar-refractivity contribution in [1.82, 2.24) is 14.8 Å². The first-order chi connectivity index (χ1) is 13.1. The molecule has 2 saturated carbocycles. The van der Waals surface area contributed by atoms with Crippen LogP contribution in [-0.4, -0.2) is 39.1 Å². The quantitative estimate of drug-likeness (QED) is 0.812. The van der Waals surface area contributed by atoms with Crippen molar-refractivity contribution in [3.05, 3.63) is 48.0 Å². The van der Waals surface area contributed by atoms with E-state index < -0.39 is 11.4 Å². The Labute approximate surface area is 159 Å². The highest BCUT2D eigenvalue weighted by atomic mass is 16.5. The van der Waals surface area contributed by atoms with E-state index in [2.05, 4.69) is 10.1 Å². The third-order valence-electron chi connectivity index (χ3n) is 6.41. The van der Waals surface area contributed by atoms with Gasteiger partial charge in [-0.05, 0) is 50.0 Å². The van der Waals surface area contributed by atoms with Crippen molar-refractivity contribution in [2.45, 2.75) is 49.4 Å². The number of benzene rings is 1. The number of aliphatic carboxylic acids is 1. The maximum Gasteiger partial charge on any atom is 0.314 e. The molecule has 6 nitrogen and oxygen atoms in total. The van der Waals surface area contributed by atoms with E-state index in [-0.39, 0.29) is 5.41 Å². The van der Waals surface area contributed by atoms with Gasteiger partial charge in [0.15, 0.2) is 0 Å². The monoisotopic (exact) mass is 369 g/mol. The third-order valence-corrected chi connectivity index (χ3v) is 6.41. The van der Waals surface area contributed by atoms with Gasteiger partial charge in [0, 0.05) is 13.7 Å². The lowest BCUT2D eigenvalue weighted by atomic mass is 9.61. The summed E-state index contributed by atoms with van der Waals surface area (Å²) >= 11 is 0. The molecule has 4 rings (SSSR count). The summed E-state index contributed by atoms with van der Waals surface area (Å²) < 4.78 is 7.90. The molecule has 27 heavy (non-hydrogen) atoms. The van der Waals surface area contributed by atoms with Gasteiger partial charge >= 0.3 is 5.97 Å². The van der Waals surface area contributed by atoms with E-state index in [1.165, 1.54) is 12.8 Å². The first kappa shape index (κ1) is 18.2. The fourth-order valence-electron chi connectivity index (χ4n) is 4.45. The lowest BCUT2D eigenvalue weighted by Crippen LogP contribution is -2.47. The Bertz CT molecular complexity index is 790. The van der Waals surface area contributed by atoms with Gasteiger partial charge in [0.2, 0.25) is 0 Å². The van der Waals surface area contributed by atoms with Crippen molar-refractivity contribution in [3.8, 4) is 0 Å². The molecule has 2 aromatic rings. The number of hydrogen-bond acceptors (Lipinski definition) is 4. The van der Waals surface area contributed by atoms with E-state index in [4.69, 9.17) is 4.74 Å². The van der Waals surface area contributed by atoms with Crippen LogP contribution in [0, 0.1) is 5.92 Å². The molecule has 0 unspecified atom stereocenters. The van der Waals surface area contributed by atoms with Gasteiger partial charge in [0.25, 0.3) is 0 Å². The molecule has 144 valence electrons. The molecule has 2 fully saturated rings. The molecule has 1 aromatic carbocycles. The molecule has 1 heterocycles. The number of ether oxygens (including phenoxy) is 1. The van der Waals surface area contributed by atoms with Crippen LogP contribution < -0.4 is 0 Å². The van der Waals surface area contributed by atoms with Crippen LogP contribution in [0.1, 0.15) is 49.9 Å². The van der Waals surface area contributed by atoms with Crippen LogP contribution in [-0.2, 0) is 27.4 Å². The molecular weight excluding hydrogens is 342 g/mol. The molecule has 0 spiro atoms. The number of carbonyl (C=O) groups is 1. The normalized spacial score (nSPS) is 28.2. The van der Waals surface area contributed by atoms with Crippen LogP contribution in [0.15, 0.2) is 36.7 Å². The van der Waals surface area contributed by atoms with E-state index in [1.54, 1.807) is 6.33 Å². The van der Waals surface area contributed by atoms with Crippen LogP contribution in [0.2, 0.25) is 0 Å². The van der Waals surface area contributed by atoms with Gasteiger partial charge in [0.05, 0.1) is 17.4 Å². The Morgan fingerprint density at radius 2 is 1.93 bits per heavy atom. The summed E-state index contributed by atoms with van der Waals surface area (Å²) in [5, 5.41) is 14.3. The highest BCUT2D eigenvalue weighted by Gasteiger charge is 2.50. The van der Waals surface area contributed by atoms with Gasteiger partial charge in [0.1, 0.15) is 12.2 Å². The molecule has 0 saturated heterocycles. The van der Waals surface area contributed by atoms with Crippen molar-refractivity contribution in [1.29, 1.82) is 0 Å². The number of aromatic nitrogens is 3. The van der Waals surface area contributed by atoms with Crippen molar-refractivity contribution in [2.24, 2.45) is 13.0 Å². The number of rotatable bonds is 7. The van der Waals surface area contributed by atoms with Crippen molar-refractivity contribution >= 4 is 5.97 Å². The van der Waals surface area contributed by atoms with Crippen LogP contribution >= 0.6 is 0 Å². The number of carboxylic acids is 1. The average molecular weight is 369 g/mol. The fraction of sp³-hybridized carbons (Fsp3) is 0.571. The van der Waals surface area contributed by atoms with Gasteiger partial charge in [-0.15, -0.1) is 0 Å². The largest absolute Gasteiger partial charge is 0.481 e. The lowest BCUT2D eigenvalue weighted by molar-refractivity contribution is -0.146. The van der Waals surface area contributed by atoms with Crippen LogP contribution in [0.3, 0.4) is 0 Å². The second kappa shape index (κ2) is 7.08. The summed E-state index contributed by atoms with van der Waals surface area (Å²) in [5.41, 5.74) is -0.212. The second-order valence-corrected chi connectivity index (χ2v) is 8.20. The van der Waals surface area contributed by atoms with E-state index >= 15 is 0 Å². The summed E-state index contributed by atoms with van der Waals surface area (Å²) in [6, 6.07) is 9.64. The number of hydrogen-bond donors (Lipinski definition) is 1. The minimum atomic E-state index is -0.833. The SMILES string of the molecule is Cn1ncnc1[C@]1(COCC2CC2)CC[C@@](C(=O)O)(c2ccccc2)CC1. The zero-order valence-electron chi connectivity index (χ0n) is 15.8. The smallest absolute Gasteiger partial charge is 0.314 e. The van der Waals surface area contributed by atoms with Crippen molar-refractivity contribution in [3.63, 3.8) is 0 Å². The molecule has 1 aromatic heterocycles. The van der Waals surface area contributed by atoms with Gasteiger partial charge in [-0.3, -0.25) is 9.48 Å². The second-order valence-electron chi connectivity index (χ2n) is 8.20. The van der Waals surface area contributed by atoms with Gasteiger partial charge in [-0.1, -0.05) is 30.3 Å². The molecule has 1 N–H and O–H groups in total. The van der Waals surface area contributed by atoms with Crippen molar-refractivity contribution < 1.29 is 14.6 Å².